The van der Waals surface area contributed by atoms with Gasteiger partial charge in [-0.3, -0.25) is 4.79 Å². The summed E-state index contributed by atoms with van der Waals surface area (Å²) >= 11 is 0. The molecule has 152 valence electrons. The lowest BCUT2D eigenvalue weighted by molar-refractivity contribution is -0.121. The molecule has 3 heteroatoms. The number of benzene rings is 2. The van der Waals surface area contributed by atoms with E-state index in [1.807, 2.05) is 45.9 Å². The van der Waals surface area contributed by atoms with Crippen molar-refractivity contribution in [2.75, 3.05) is 7.11 Å². The summed E-state index contributed by atoms with van der Waals surface area (Å²) in [6.45, 7) is 13.5. The van der Waals surface area contributed by atoms with E-state index >= 15 is 0 Å². The summed E-state index contributed by atoms with van der Waals surface area (Å²) in [5.41, 5.74) is 9.94. The van der Waals surface area contributed by atoms with Crippen LogP contribution in [-0.2, 0) is 17.6 Å². The molecule has 3 nitrogen and oxygen atoms in total. The van der Waals surface area contributed by atoms with Crippen molar-refractivity contribution in [1.29, 1.82) is 0 Å². The second-order valence-electron chi connectivity index (χ2n) is 6.22. The predicted molar refractivity (Wildman–Crippen MR) is 120 cm³/mol. The van der Waals surface area contributed by atoms with Gasteiger partial charge in [0.2, 0.25) is 0 Å². The van der Waals surface area contributed by atoms with Crippen molar-refractivity contribution in [2.24, 2.45) is 5.73 Å². The number of aryl methyl sites for hydroxylation is 1. The van der Waals surface area contributed by atoms with Gasteiger partial charge < -0.3 is 10.5 Å². The van der Waals surface area contributed by atoms with Crippen molar-refractivity contribution in [3.05, 3.63) is 53.6 Å². The first kappa shape index (κ1) is 24.9. The Morgan fingerprint density at radius 1 is 1.07 bits per heavy atom. The number of nitrogens with two attached hydrogens (primary N) is 1. The van der Waals surface area contributed by atoms with E-state index in [-0.39, 0.29) is 7.21 Å². The summed E-state index contributed by atoms with van der Waals surface area (Å²) in [4.78, 5) is 11.6. The minimum absolute atomic E-state index is 0. The summed E-state index contributed by atoms with van der Waals surface area (Å²) in [6, 6.07) is 14.4. The number of methoxy groups -OCH3 is 1. The predicted octanol–water partition coefficient (Wildman–Crippen LogP) is 6.07. The lowest BCUT2D eigenvalue weighted by Crippen LogP contribution is -2.45. The summed E-state index contributed by atoms with van der Waals surface area (Å²) in [6.07, 6.45) is 1.49. The standard InChI is InChI=1S/C20H25NO2.2C2H6.H2/c1-5-16-12-18(23-4)10-11-19(16)17-8-6-15(7-9-17)13-20(3,21)14(2)22;2*1-2;/h6-12H,5,13,21H2,1-4H3;2*1-2H3;1H. The second-order valence-corrected chi connectivity index (χ2v) is 6.22. The topological polar surface area (TPSA) is 52.3 Å². The molecule has 2 aromatic rings. The molecule has 0 fully saturated rings. The van der Waals surface area contributed by atoms with Gasteiger partial charge in [0.15, 0.2) is 0 Å². The van der Waals surface area contributed by atoms with Crippen LogP contribution in [0.25, 0.3) is 11.1 Å². The Kier molecular flexibility index (Phi) is 11.3. The van der Waals surface area contributed by atoms with Gasteiger partial charge in [0.25, 0.3) is 0 Å². The van der Waals surface area contributed by atoms with Crippen molar-refractivity contribution >= 4 is 5.78 Å². The number of Topliss-reactive ketones (excluding diaryl/α,β-unsaturated/α-hetero) is 1. The van der Waals surface area contributed by atoms with Crippen molar-refractivity contribution < 1.29 is 11.0 Å². The number of rotatable bonds is 6. The molecule has 0 aliphatic heterocycles. The van der Waals surface area contributed by atoms with Crippen molar-refractivity contribution in [1.82, 2.24) is 0 Å². The van der Waals surface area contributed by atoms with E-state index in [2.05, 4.69) is 31.2 Å². The Bertz CT molecular complexity index is 694. The molecule has 0 bridgehead atoms. The van der Waals surface area contributed by atoms with Gasteiger partial charge in [-0.25, -0.2) is 0 Å². The maximum absolute atomic E-state index is 11.6. The third kappa shape index (κ3) is 7.18. The van der Waals surface area contributed by atoms with Crippen LogP contribution >= 0.6 is 0 Å². The quantitative estimate of drug-likeness (QED) is 0.668. The number of carbonyl (C=O) groups excluding carboxylic acids is 1. The highest BCUT2D eigenvalue weighted by Crippen LogP contribution is 2.28. The molecular weight excluding hydrogens is 334 g/mol. The lowest BCUT2D eigenvalue weighted by Gasteiger charge is -2.21. The molecule has 2 N–H and O–H groups in total. The Labute approximate surface area is 167 Å². The first-order valence-corrected chi connectivity index (χ1v) is 9.93. The average Bonchev–Trinajstić information content (AvgIpc) is 2.70. The van der Waals surface area contributed by atoms with Crippen LogP contribution in [-0.4, -0.2) is 18.4 Å². The first-order valence-electron chi connectivity index (χ1n) is 9.93. The Morgan fingerprint density at radius 3 is 2.07 bits per heavy atom. The highest BCUT2D eigenvalue weighted by atomic mass is 16.5. The van der Waals surface area contributed by atoms with Crippen LogP contribution in [0.2, 0.25) is 0 Å². The van der Waals surface area contributed by atoms with E-state index in [1.165, 1.54) is 11.1 Å². The fourth-order valence-corrected chi connectivity index (χ4v) is 2.62. The number of ether oxygens (including phenoxy) is 1. The Morgan fingerprint density at radius 2 is 1.63 bits per heavy atom. The Balaban J connectivity index is 0. The highest BCUT2D eigenvalue weighted by Gasteiger charge is 2.24. The molecule has 0 heterocycles. The second kappa shape index (κ2) is 12.3. The molecule has 2 aromatic carbocycles. The smallest absolute Gasteiger partial charge is 0.149 e. The van der Waals surface area contributed by atoms with Crippen molar-refractivity contribution in [2.45, 2.75) is 66.8 Å². The SMILES string of the molecule is CC.CC.CCc1cc(OC)ccc1-c1ccc(CC(C)(N)C(C)=O)cc1.[HH]. The largest absolute Gasteiger partial charge is 0.497 e. The molecule has 0 aliphatic carbocycles. The number of carbonyl (C=O) groups is 1. The zero-order valence-electron chi connectivity index (χ0n) is 18.3. The number of hydrogen-bond acceptors (Lipinski definition) is 3. The van der Waals surface area contributed by atoms with Gasteiger partial charge in [0.1, 0.15) is 11.5 Å². The van der Waals surface area contributed by atoms with Gasteiger partial charge in [-0.1, -0.05) is 65.0 Å². The molecule has 0 aromatic heterocycles. The van der Waals surface area contributed by atoms with E-state index in [4.69, 9.17) is 10.5 Å². The van der Waals surface area contributed by atoms with E-state index < -0.39 is 5.54 Å². The summed E-state index contributed by atoms with van der Waals surface area (Å²) in [5, 5.41) is 0. The van der Waals surface area contributed by atoms with E-state index in [1.54, 1.807) is 21.0 Å². The average molecular weight is 374 g/mol. The zero-order valence-corrected chi connectivity index (χ0v) is 18.3. The molecule has 0 amide bonds. The molecule has 2 rings (SSSR count). The maximum Gasteiger partial charge on any atom is 0.149 e. The van der Waals surface area contributed by atoms with Gasteiger partial charge in [-0.2, -0.15) is 0 Å². The van der Waals surface area contributed by atoms with Crippen molar-refractivity contribution in [3.63, 3.8) is 0 Å². The number of ketones is 1. The fraction of sp³-hybridized carbons (Fsp3) is 0.458. The van der Waals surface area contributed by atoms with Crippen LogP contribution in [0.4, 0.5) is 0 Å². The highest BCUT2D eigenvalue weighted by molar-refractivity contribution is 5.85. The maximum atomic E-state index is 11.6. The van der Waals surface area contributed by atoms with Gasteiger partial charge in [-0.05, 0) is 61.1 Å². The minimum Gasteiger partial charge on any atom is -0.497 e. The normalized spacial score (nSPS) is 11.9. The molecule has 0 spiro atoms. The summed E-state index contributed by atoms with van der Waals surface area (Å²) < 4.78 is 5.30. The molecule has 0 radical (unpaired) electrons. The molecule has 0 saturated carbocycles. The van der Waals surface area contributed by atoms with Gasteiger partial charge >= 0.3 is 0 Å². The van der Waals surface area contributed by atoms with Crippen LogP contribution in [0.3, 0.4) is 0 Å². The lowest BCUT2D eigenvalue weighted by atomic mass is 9.89. The third-order valence-corrected chi connectivity index (χ3v) is 4.33. The van der Waals surface area contributed by atoms with Crippen LogP contribution in [0.1, 0.15) is 61.0 Å². The van der Waals surface area contributed by atoms with Gasteiger partial charge in [0, 0.05) is 1.43 Å². The summed E-state index contributed by atoms with van der Waals surface area (Å²) in [7, 11) is 1.68. The van der Waals surface area contributed by atoms with Gasteiger partial charge in [-0.15, -0.1) is 0 Å². The third-order valence-electron chi connectivity index (χ3n) is 4.33. The molecule has 0 saturated heterocycles. The molecule has 1 atom stereocenters. The summed E-state index contributed by atoms with van der Waals surface area (Å²) in [5.74, 6) is 0.882. The van der Waals surface area contributed by atoms with Crippen LogP contribution in [0.5, 0.6) is 5.75 Å². The monoisotopic (exact) mass is 373 g/mol. The fourth-order valence-electron chi connectivity index (χ4n) is 2.62. The zero-order chi connectivity index (χ0) is 21.0. The van der Waals surface area contributed by atoms with Crippen molar-refractivity contribution in [3.8, 4) is 16.9 Å². The van der Waals surface area contributed by atoms with Crippen LogP contribution in [0, 0.1) is 0 Å². The van der Waals surface area contributed by atoms with E-state index in [0.29, 0.717) is 6.42 Å². The van der Waals surface area contributed by atoms with Crippen LogP contribution in [0.15, 0.2) is 42.5 Å². The molecule has 27 heavy (non-hydrogen) atoms. The Hall–Kier alpha value is -2.13. The number of hydrogen-bond donors (Lipinski definition) is 1. The van der Waals surface area contributed by atoms with Crippen LogP contribution < -0.4 is 10.5 Å². The molecule has 0 aliphatic rings. The first-order chi connectivity index (χ1) is 12.9. The van der Waals surface area contributed by atoms with E-state index in [9.17, 15) is 4.79 Å². The minimum atomic E-state index is -0.809. The van der Waals surface area contributed by atoms with E-state index in [0.717, 1.165) is 23.3 Å². The molecule has 1 unspecified atom stereocenters. The molecular formula is C24H39NO2. The van der Waals surface area contributed by atoms with Gasteiger partial charge in [0.05, 0.1) is 12.6 Å².